The Kier molecular flexibility index (Phi) is 11.4. The van der Waals surface area contributed by atoms with Gasteiger partial charge in [0, 0.05) is 29.5 Å². The number of carbonyl (C=O) groups excluding carboxylic acids is 1. The Morgan fingerprint density at radius 1 is 1.17 bits per heavy atom. The molecular weight excluding hydrogens is 685 g/mol. The summed E-state index contributed by atoms with van der Waals surface area (Å²) in [5.41, 5.74) is 8.35. The average molecular weight is 743 g/mol. The first-order valence-electron chi connectivity index (χ1n) is 19.5. The minimum absolute atomic E-state index is 0.0185. The number of H-pyrrole nitrogens is 1. The molecule has 1 aliphatic heterocycles. The van der Waals surface area contributed by atoms with E-state index in [2.05, 4.69) is 55.7 Å². The van der Waals surface area contributed by atoms with Crippen LogP contribution in [0.15, 0.2) is 32.5 Å². The van der Waals surface area contributed by atoms with E-state index >= 15 is 0 Å². The van der Waals surface area contributed by atoms with E-state index in [0.29, 0.717) is 30.1 Å². The second-order valence-electron chi connectivity index (χ2n) is 17.4. The summed E-state index contributed by atoms with van der Waals surface area (Å²) in [7, 11) is -5.15. The maximum Gasteiger partial charge on any atom is 0.377 e. The standard InChI is InChI=1S/C38H58N5O8P/c1-22(2)8-7-9-23(3)28-12-13-29-27-11-10-25-18-26(14-16-37(25,5)30(27)15-17-38(28,29)6)50-36(46)52(47,48)49-21-32-31(41-42-39)19-33(51-32)43-20-24(4)34(44)40-35(43)45/h10,20,22-23,26-33H,7-9,11-19,21H2,1-6H3,(H,47,48)(H,40,44,45)/p-1/t23-,26+,27?,28-,29+,30+,31+,32-,33-,37+,38-/m1/s1. The molecule has 288 valence electrons. The van der Waals surface area contributed by atoms with Crippen molar-refractivity contribution in [2.45, 2.75) is 143 Å². The van der Waals surface area contributed by atoms with Gasteiger partial charge >= 0.3 is 11.4 Å². The van der Waals surface area contributed by atoms with Crippen LogP contribution in [-0.2, 0) is 18.6 Å². The zero-order valence-electron chi connectivity index (χ0n) is 31.6. The molecule has 5 aliphatic rings. The number of azide groups is 1. The Hall–Kier alpha value is -2.69. The van der Waals surface area contributed by atoms with Crippen molar-refractivity contribution in [2.75, 3.05) is 6.61 Å². The topological polar surface area (TPSA) is 189 Å². The lowest BCUT2D eigenvalue weighted by Gasteiger charge is -2.58. The number of carbonyl (C=O) groups is 1. The maximum atomic E-state index is 13.0. The molecule has 3 saturated carbocycles. The van der Waals surface area contributed by atoms with Gasteiger partial charge < -0.3 is 18.9 Å². The lowest BCUT2D eigenvalue weighted by molar-refractivity contribution is -0.199. The molecule has 2 heterocycles. The number of nitrogens with zero attached hydrogens (tertiary/aromatic N) is 4. The number of aromatic nitrogens is 2. The van der Waals surface area contributed by atoms with Gasteiger partial charge in [-0.15, -0.1) is 0 Å². The van der Waals surface area contributed by atoms with Gasteiger partial charge in [-0.3, -0.25) is 18.9 Å². The van der Waals surface area contributed by atoms with E-state index in [1.54, 1.807) is 0 Å². The fourth-order valence-corrected chi connectivity index (χ4v) is 11.9. The highest BCUT2D eigenvalue weighted by Gasteiger charge is 2.59. The summed E-state index contributed by atoms with van der Waals surface area (Å²) in [6.45, 7) is 13.0. The molecule has 0 aromatic carbocycles. The first-order valence-corrected chi connectivity index (χ1v) is 21.0. The van der Waals surface area contributed by atoms with Gasteiger partial charge in [0.05, 0.1) is 18.8 Å². The highest BCUT2D eigenvalue weighted by Crippen LogP contribution is 2.67. The van der Waals surface area contributed by atoms with Crippen LogP contribution in [0.25, 0.3) is 10.4 Å². The predicted octanol–water partition coefficient (Wildman–Crippen LogP) is 7.93. The molecule has 13 nitrogen and oxygen atoms in total. The molecule has 4 fully saturated rings. The van der Waals surface area contributed by atoms with E-state index in [4.69, 9.17) is 19.5 Å². The number of nitrogens with one attached hydrogen (secondary N) is 1. The molecule has 0 spiro atoms. The Morgan fingerprint density at radius 2 is 1.94 bits per heavy atom. The monoisotopic (exact) mass is 742 g/mol. The van der Waals surface area contributed by atoms with Gasteiger partial charge in [-0.2, -0.15) is 0 Å². The minimum Gasteiger partial charge on any atom is -0.770 e. The summed E-state index contributed by atoms with van der Waals surface area (Å²) >= 11 is 0. The third-order valence-electron chi connectivity index (χ3n) is 14.0. The SMILES string of the molecule is Cc1cn([C@H]2C[C@H](N=[N+]=[N-])[C@@H](COP(=O)([O-])C(=O)O[C@H]3CC[C@@]4(C)C(=CCC5[C@@H]6CC[C@H]([C@H](C)CCCC(C)C)[C@@]6(C)CC[C@@H]54)C3)O2)c(=O)[nH]c1=O. The van der Waals surface area contributed by atoms with Gasteiger partial charge in [-0.25, -0.2) is 9.59 Å². The molecule has 1 saturated heterocycles. The Balaban J connectivity index is 1.05. The highest BCUT2D eigenvalue weighted by atomic mass is 31.2. The van der Waals surface area contributed by atoms with Crippen LogP contribution in [-0.4, -0.2) is 40.1 Å². The van der Waals surface area contributed by atoms with Crippen LogP contribution < -0.4 is 16.1 Å². The highest BCUT2D eigenvalue weighted by molar-refractivity contribution is 7.69. The van der Waals surface area contributed by atoms with Crippen molar-refractivity contribution in [1.29, 1.82) is 0 Å². The number of aromatic amines is 1. The molecule has 14 heteroatoms. The molecule has 0 radical (unpaired) electrons. The molecule has 6 rings (SSSR count). The summed E-state index contributed by atoms with van der Waals surface area (Å²) in [4.78, 5) is 55.2. The summed E-state index contributed by atoms with van der Waals surface area (Å²) in [5.74, 6) is 4.29. The van der Waals surface area contributed by atoms with E-state index in [1.165, 1.54) is 63.6 Å². The van der Waals surface area contributed by atoms with Crippen molar-refractivity contribution in [3.05, 3.63) is 54.7 Å². The van der Waals surface area contributed by atoms with E-state index < -0.39 is 55.6 Å². The third-order valence-corrected chi connectivity index (χ3v) is 15.1. The van der Waals surface area contributed by atoms with Gasteiger partial charge in [-0.05, 0) is 104 Å². The first kappa shape index (κ1) is 39.0. The van der Waals surface area contributed by atoms with Crippen LogP contribution >= 0.6 is 7.60 Å². The smallest absolute Gasteiger partial charge is 0.377 e. The van der Waals surface area contributed by atoms with Crippen molar-refractivity contribution in [3.63, 3.8) is 0 Å². The summed E-state index contributed by atoms with van der Waals surface area (Å²) in [6, 6.07) is -0.880. The quantitative estimate of drug-likeness (QED) is 0.0734. The van der Waals surface area contributed by atoms with Gasteiger partial charge in [0.15, 0.2) is 0 Å². The van der Waals surface area contributed by atoms with E-state index in [0.717, 1.165) is 41.1 Å². The largest absolute Gasteiger partial charge is 0.770 e. The van der Waals surface area contributed by atoms with Crippen LogP contribution in [0.2, 0.25) is 0 Å². The molecular formula is C38H57N5O8P-. The first-order chi connectivity index (χ1) is 24.6. The van der Waals surface area contributed by atoms with Crippen LogP contribution in [0.1, 0.15) is 123 Å². The molecule has 1 aromatic heterocycles. The molecule has 0 amide bonds. The van der Waals surface area contributed by atoms with Gasteiger partial charge in [0.25, 0.3) is 5.56 Å². The molecule has 52 heavy (non-hydrogen) atoms. The van der Waals surface area contributed by atoms with Gasteiger partial charge in [0.2, 0.25) is 7.60 Å². The van der Waals surface area contributed by atoms with Crippen molar-refractivity contribution in [1.82, 2.24) is 9.55 Å². The van der Waals surface area contributed by atoms with Gasteiger partial charge in [-0.1, -0.05) is 70.6 Å². The number of aryl methyl sites for hydroxylation is 1. The number of ether oxygens (including phenoxy) is 2. The van der Waals surface area contributed by atoms with E-state index in [1.807, 2.05) is 0 Å². The molecule has 0 bridgehead atoms. The van der Waals surface area contributed by atoms with Gasteiger partial charge in [0.1, 0.15) is 12.3 Å². The average Bonchev–Trinajstić information content (AvgIpc) is 3.66. The Bertz CT molecular complexity index is 1750. The lowest BCUT2D eigenvalue weighted by Crippen LogP contribution is -2.51. The van der Waals surface area contributed by atoms with Crippen molar-refractivity contribution >= 4 is 13.3 Å². The zero-order chi connectivity index (χ0) is 37.6. The predicted molar refractivity (Wildman–Crippen MR) is 194 cm³/mol. The third kappa shape index (κ3) is 7.50. The number of hydrogen-bond acceptors (Lipinski definition) is 9. The Morgan fingerprint density at radius 3 is 2.67 bits per heavy atom. The molecule has 4 aliphatic carbocycles. The summed E-state index contributed by atoms with van der Waals surface area (Å²) in [6.07, 6.45) is 13.2. The summed E-state index contributed by atoms with van der Waals surface area (Å²) < 4.78 is 30.7. The normalized spacial score (nSPS) is 37.2. The van der Waals surface area contributed by atoms with Crippen molar-refractivity contribution in [2.24, 2.45) is 51.5 Å². The molecule has 1 N–H and O–H groups in total. The van der Waals surface area contributed by atoms with Crippen LogP contribution in [0.3, 0.4) is 0 Å². The lowest BCUT2D eigenvalue weighted by atomic mass is 9.47. The van der Waals surface area contributed by atoms with Crippen LogP contribution in [0.4, 0.5) is 4.79 Å². The second-order valence-corrected chi connectivity index (χ2v) is 19.1. The maximum absolute atomic E-state index is 13.0. The fourth-order valence-electron chi connectivity index (χ4n) is 11.2. The molecule has 2 unspecified atom stereocenters. The van der Waals surface area contributed by atoms with Crippen molar-refractivity contribution < 1.29 is 28.3 Å². The number of fused-ring (bicyclic) bond motifs is 5. The molecule has 1 aromatic rings. The molecule has 12 atom stereocenters. The number of hydrogen-bond donors (Lipinski definition) is 1. The number of rotatable bonds is 12. The van der Waals surface area contributed by atoms with E-state index in [9.17, 15) is 23.8 Å². The fraction of sp³-hybridized carbons (Fsp3) is 0.816. The van der Waals surface area contributed by atoms with E-state index in [-0.39, 0.29) is 17.4 Å². The zero-order valence-corrected chi connectivity index (χ0v) is 32.5. The number of allylic oxidation sites excluding steroid dienone is 1. The van der Waals surface area contributed by atoms with Crippen molar-refractivity contribution in [3.8, 4) is 0 Å². The Labute approximate surface area is 306 Å². The minimum atomic E-state index is -5.15. The van der Waals surface area contributed by atoms with Crippen LogP contribution in [0, 0.1) is 53.3 Å². The van der Waals surface area contributed by atoms with Crippen LogP contribution in [0.5, 0.6) is 0 Å². The summed E-state index contributed by atoms with van der Waals surface area (Å²) in [5, 5.41) is 3.69. The second kappa shape index (κ2) is 15.2.